The van der Waals surface area contributed by atoms with Crippen LogP contribution in [-0.4, -0.2) is 23.5 Å². The number of ether oxygens (including phenoxy) is 1. The summed E-state index contributed by atoms with van der Waals surface area (Å²) in [6, 6.07) is 21.8. The van der Waals surface area contributed by atoms with Crippen LogP contribution >= 0.6 is 0 Å². The minimum absolute atomic E-state index is 0.0617. The van der Waals surface area contributed by atoms with E-state index in [4.69, 9.17) is 4.74 Å². The first-order valence-electron chi connectivity index (χ1n) is 8.40. The molecule has 0 aliphatic heterocycles. The monoisotopic (exact) mass is 329 g/mol. The van der Waals surface area contributed by atoms with E-state index in [0.29, 0.717) is 12.8 Å². The fourth-order valence-electron chi connectivity index (χ4n) is 3.57. The second-order valence-corrected chi connectivity index (χ2v) is 6.45. The summed E-state index contributed by atoms with van der Waals surface area (Å²) in [5.41, 5.74) is 3.92. The van der Waals surface area contributed by atoms with Crippen LogP contribution in [0, 0.1) is 0 Å². The van der Waals surface area contributed by atoms with Crippen molar-refractivity contribution in [2.24, 2.45) is 0 Å². The lowest BCUT2D eigenvalue weighted by Gasteiger charge is -2.25. The van der Waals surface area contributed by atoms with E-state index in [2.05, 4.69) is 4.98 Å². The SMILES string of the molecule is COC1(Cc2ccccc2)Cc2ccc(-c3ccccn3)cc2C1=O. The van der Waals surface area contributed by atoms with E-state index < -0.39 is 5.60 Å². The molecule has 1 heterocycles. The summed E-state index contributed by atoms with van der Waals surface area (Å²) in [6.07, 6.45) is 2.95. The quantitative estimate of drug-likeness (QED) is 0.723. The van der Waals surface area contributed by atoms with Gasteiger partial charge in [-0.15, -0.1) is 0 Å². The van der Waals surface area contributed by atoms with Crippen molar-refractivity contribution in [2.45, 2.75) is 18.4 Å². The number of rotatable bonds is 4. The van der Waals surface area contributed by atoms with Crippen molar-refractivity contribution >= 4 is 5.78 Å². The van der Waals surface area contributed by atoms with Crippen LogP contribution in [0.4, 0.5) is 0 Å². The number of hydrogen-bond acceptors (Lipinski definition) is 3. The predicted molar refractivity (Wildman–Crippen MR) is 97.6 cm³/mol. The Morgan fingerprint density at radius 1 is 1.04 bits per heavy atom. The Morgan fingerprint density at radius 2 is 1.84 bits per heavy atom. The molecule has 124 valence electrons. The Kier molecular flexibility index (Phi) is 3.94. The van der Waals surface area contributed by atoms with Crippen molar-refractivity contribution in [1.82, 2.24) is 4.98 Å². The minimum Gasteiger partial charge on any atom is -0.369 e. The maximum atomic E-state index is 13.2. The van der Waals surface area contributed by atoms with Crippen molar-refractivity contribution in [3.63, 3.8) is 0 Å². The van der Waals surface area contributed by atoms with Crippen molar-refractivity contribution in [3.05, 3.63) is 89.6 Å². The van der Waals surface area contributed by atoms with E-state index in [-0.39, 0.29) is 5.78 Å². The first kappa shape index (κ1) is 15.7. The summed E-state index contributed by atoms with van der Waals surface area (Å²) in [5.74, 6) is 0.0617. The van der Waals surface area contributed by atoms with Crippen LogP contribution in [0.2, 0.25) is 0 Å². The van der Waals surface area contributed by atoms with Gasteiger partial charge in [-0.3, -0.25) is 9.78 Å². The molecular weight excluding hydrogens is 310 g/mol. The number of Topliss-reactive ketones (excluding diaryl/α,β-unsaturated/α-hetero) is 1. The third-order valence-corrected chi connectivity index (χ3v) is 4.93. The minimum atomic E-state index is -0.813. The summed E-state index contributed by atoms with van der Waals surface area (Å²) in [7, 11) is 1.63. The maximum Gasteiger partial charge on any atom is 0.195 e. The molecule has 0 spiro atoms. The van der Waals surface area contributed by atoms with E-state index in [1.807, 2.05) is 66.7 Å². The van der Waals surface area contributed by atoms with Crippen LogP contribution in [0.15, 0.2) is 72.9 Å². The number of ketones is 1. The highest BCUT2D eigenvalue weighted by molar-refractivity contribution is 6.07. The van der Waals surface area contributed by atoms with Gasteiger partial charge in [0.15, 0.2) is 5.78 Å². The summed E-state index contributed by atoms with van der Waals surface area (Å²) >= 11 is 0. The highest BCUT2D eigenvalue weighted by Crippen LogP contribution is 2.37. The summed E-state index contributed by atoms with van der Waals surface area (Å²) < 4.78 is 5.78. The molecule has 0 fully saturated rings. The van der Waals surface area contributed by atoms with Gasteiger partial charge in [-0.2, -0.15) is 0 Å². The number of nitrogens with zero attached hydrogens (tertiary/aromatic N) is 1. The second kappa shape index (κ2) is 6.26. The van der Waals surface area contributed by atoms with E-state index in [9.17, 15) is 4.79 Å². The molecule has 0 amide bonds. The Balaban J connectivity index is 1.70. The standard InChI is InChI=1S/C22H19NO2/c1-25-22(14-16-7-3-2-4-8-16)15-18-11-10-17(13-19(18)21(22)24)20-9-5-6-12-23-20/h2-13H,14-15H2,1H3. The highest BCUT2D eigenvalue weighted by atomic mass is 16.5. The Hall–Kier alpha value is -2.78. The largest absolute Gasteiger partial charge is 0.369 e. The average molecular weight is 329 g/mol. The van der Waals surface area contributed by atoms with Crippen molar-refractivity contribution < 1.29 is 9.53 Å². The lowest BCUT2D eigenvalue weighted by atomic mass is 9.90. The third-order valence-electron chi connectivity index (χ3n) is 4.93. The summed E-state index contributed by atoms with van der Waals surface area (Å²) in [6.45, 7) is 0. The number of methoxy groups -OCH3 is 1. The van der Waals surface area contributed by atoms with Crippen molar-refractivity contribution in [1.29, 1.82) is 0 Å². The molecule has 1 atom stereocenters. The van der Waals surface area contributed by atoms with E-state index in [1.165, 1.54) is 0 Å². The van der Waals surface area contributed by atoms with Crippen LogP contribution in [0.3, 0.4) is 0 Å². The van der Waals surface area contributed by atoms with Crippen LogP contribution in [0.5, 0.6) is 0 Å². The molecule has 0 saturated heterocycles. The molecule has 3 heteroatoms. The van der Waals surface area contributed by atoms with Gasteiger partial charge >= 0.3 is 0 Å². The number of fused-ring (bicyclic) bond motifs is 1. The molecule has 4 rings (SSSR count). The number of aromatic nitrogens is 1. The molecule has 0 bridgehead atoms. The van der Waals surface area contributed by atoms with Crippen LogP contribution in [0.1, 0.15) is 21.5 Å². The van der Waals surface area contributed by atoms with E-state index in [1.54, 1.807) is 13.3 Å². The number of carbonyl (C=O) groups excluding carboxylic acids is 1. The number of hydrogen-bond donors (Lipinski definition) is 0. The molecule has 1 unspecified atom stereocenters. The maximum absolute atomic E-state index is 13.2. The number of carbonyl (C=O) groups is 1. The molecule has 1 aliphatic rings. The van der Waals surface area contributed by atoms with Crippen molar-refractivity contribution in [3.8, 4) is 11.3 Å². The van der Waals surface area contributed by atoms with Crippen LogP contribution in [0.25, 0.3) is 11.3 Å². The zero-order valence-electron chi connectivity index (χ0n) is 14.1. The zero-order valence-corrected chi connectivity index (χ0v) is 14.1. The number of benzene rings is 2. The van der Waals surface area contributed by atoms with Crippen LogP contribution < -0.4 is 0 Å². The van der Waals surface area contributed by atoms with E-state index >= 15 is 0 Å². The van der Waals surface area contributed by atoms with Gasteiger partial charge in [-0.05, 0) is 29.3 Å². The van der Waals surface area contributed by atoms with Gasteiger partial charge in [-0.1, -0.05) is 48.5 Å². The van der Waals surface area contributed by atoms with Crippen molar-refractivity contribution in [2.75, 3.05) is 7.11 Å². The summed E-state index contributed by atoms with van der Waals surface area (Å²) in [4.78, 5) is 17.6. The Morgan fingerprint density at radius 3 is 2.56 bits per heavy atom. The topological polar surface area (TPSA) is 39.2 Å². The first-order chi connectivity index (χ1) is 12.2. The first-order valence-corrected chi connectivity index (χ1v) is 8.40. The van der Waals surface area contributed by atoms with Gasteiger partial charge in [0, 0.05) is 37.3 Å². The summed E-state index contributed by atoms with van der Waals surface area (Å²) in [5, 5.41) is 0. The lowest BCUT2D eigenvalue weighted by Crippen LogP contribution is -2.40. The Bertz CT molecular complexity index is 906. The number of pyridine rings is 1. The highest BCUT2D eigenvalue weighted by Gasteiger charge is 2.45. The van der Waals surface area contributed by atoms with Gasteiger partial charge in [0.05, 0.1) is 5.69 Å². The predicted octanol–water partition coefficient (Wildman–Crippen LogP) is 4.12. The smallest absolute Gasteiger partial charge is 0.195 e. The molecule has 0 saturated carbocycles. The lowest BCUT2D eigenvalue weighted by molar-refractivity contribution is 0.00748. The van der Waals surface area contributed by atoms with E-state index in [0.717, 1.165) is 27.9 Å². The second-order valence-electron chi connectivity index (χ2n) is 6.45. The molecule has 0 N–H and O–H groups in total. The van der Waals surface area contributed by atoms with Crippen LogP contribution in [-0.2, 0) is 17.6 Å². The molecular formula is C22H19NO2. The third kappa shape index (κ3) is 2.77. The average Bonchev–Trinajstić information content (AvgIpc) is 2.95. The fourth-order valence-corrected chi connectivity index (χ4v) is 3.57. The van der Waals surface area contributed by atoms with Gasteiger partial charge in [-0.25, -0.2) is 0 Å². The molecule has 1 aromatic heterocycles. The van der Waals surface area contributed by atoms with Gasteiger partial charge in [0.25, 0.3) is 0 Å². The molecule has 3 nitrogen and oxygen atoms in total. The fraction of sp³-hybridized carbons (Fsp3) is 0.182. The zero-order chi connectivity index (χ0) is 17.3. The van der Waals surface area contributed by atoms with Gasteiger partial charge in [0.1, 0.15) is 5.60 Å². The Labute approximate surface area is 147 Å². The molecule has 3 aromatic rings. The van der Waals surface area contributed by atoms with Gasteiger partial charge < -0.3 is 4.74 Å². The molecule has 2 aromatic carbocycles. The van der Waals surface area contributed by atoms with Gasteiger partial charge in [0.2, 0.25) is 0 Å². The normalized spacial score (nSPS) is 19.0. The molecule has 1 aliphatic carbocycles. The molecule has 0 radical (unpaired) electrons. The molecule has 25 heavy (non-hydrogen) atoms.